The number of amides is 1. The van der Waals surface area contributed by atoms with E-state index < -0.39 is 0 Å². The lowest BCUT2D eigenvalue weighted by molar-refractivity contribution is -0.123. The Morgan fingerprint density at radius 3 is 2.71 bits per heavy atom. The van der Waals surface area contributed by atoms with Crippen molar-refractivity contribution >= 4 is 17.8 Å². The third kappa shape index (κ3) is 4.91. The van der Waals surface area contributed by atoms with Crippen LogP contribution in [-0.4, -0.2) is 42.5 Å². The molecular formula is C21H22N4O3. The van der Waals surface area contributed by atoms with Crippen molar-refractivity contribution in [1.82, 2.24) is 9.99 Å². The molecule has 0 radical (unpaired) electrons. The Morgan fingerprint density at radius 1 is 1.18 bits per heavy atom. The third-order valence-corrected chi connectivity index (χ3v) is 4.00. The molecule has 0 unspecified atom stereocenters. The van der Waals surface area contributed by atoms with E-state index in [1.165, 1.54) is 0 Å². The van der Waals surface area contributed by atoms with E-state index in [0.29, 0.717) is 5.75 Å². The van der Waals surface area contributed by atoms with Gasteiger partial charge in [0.15, 0.2) is 6.61 Å². The zero-order valence-electron chi connectivity index (χ0n) is 15.7. The summed E-state index contributed by atoms with van der Waals surface area (Å²) in [5.41, 5.74) is 5.11. The second kappa shape index (κ2) is 8.77. The summed E-state index contributed by atoms with van der Waals surface area (Å²) < 4.78 is 7.40. The average molecular weight is 378 g/mol. The topological polar surface area (TPSA) is 79.1 Å². The van der Waals surface area contributed by atoms with Crippen LogP contribution in [0.5, 0.6) is 11.5 Å². The minimum Gasteiger partial charge on any atom is -0.508 e. The van der Waals surface area contributed by atoms with Gasteiger partial charge in [-0.15, -0.1) is 0 Å². The number of hydrogen-bond donors (Lipinski definition) is 2. The molecule has 1 amide bonds. The summed E-state index contributed by atoms with van der Waals surface area (Å²) in [5, 5.41) is 13.4. The molecule has 2 N–H and O–H groups in total. The monoisotopic (exact) mass is 378 g/mol. The van der Waals surface area contributed by atoms with Crippen LogP contribution in [0.1, 0.15) is 5.69 Å². The van der Waals surface area contributed by atoms with Crippen molar-refractivity contribution in [1.29, 1.82) is 0 Å². The lowest BCUT2D eigenvalue weighted by Gasteiger charge is -2.13. The van der Waals surface area contributed by atoms with Crippen LogP contribution < -0.4 is 15.1 Å². The Bertz CT molecular complexity index is 962. The molecule has 1 aromatic heterocycles. The number of nitrogens with one attached hydrogen (secondary N) is 1. The Morgan fingerprint density at radius 2 is 1.96 bits per heavy atom. The van der Waals surface area contributed by atoms with Crippen molar-refractivity contribution in [2.75, 3.05) is 25.6 Å². The number of rotatable bonds is 7. The molecule has 0 spiro atoms. The minimum absolute atomic E-state index is 0.132. The van der Waals surface area contributed by atoms with Crippen molar-refractivity contribution in [3.8, 4) is 17.2 Å². The summed E-state index contributed by atoms with van der Waals surface area (Å²) in [5.74, 6) is 0.468. The first-order valence-corrected chi connectivity index (χ1v) is 8.72. The van der Waals surface area contributed by atoms with Gasteiger partial charge in [-0.25, -0.2) is 5.43 Å². The van der Waals surface area contributed by atoms with Gasteiger partial charge < -0.3 is 19.3 Å². The van der Waals surface area contributed by atoms with Gasteiger partial charge in [0.05, 0.1) is 11.9 Å². The summed E-state index contributed by atoms with van der Waals surface area (Å²) in [7, 11) is 3.88. The van der Waals surface area contributed by atoms with Crippen LogP contribution in [0.4, 0.5) is 5.69 Å². The van der Waals surface area contributed by atoms with E-state index in [-0.39, 0.29) is 18.3 Å². The maximum atomic E-state index is 12.0. The van der Waals surface area contributed by atoms with Crippen LogP contribution in [0.2, 0.25) is 0 Å². The number of carbonyl (C=O) groups is 1. The maximum Gasteiger partial charge on any atom is 0.277 e. The number of benzene rings is 2. The molecule has 0 aliphatic rings. The number of hydrazone groups is 1. The highest BCUT2D eigenvalue weighted by atomic mass is 16.5. The number of anilines is 1. The lowest BCUT2D eigenvalue weighted by Crippen LogP contribution is -2.24. The lowest BCUT2D eigenvalue weighted by atomic mass is 10.3. The molecule has 0 aliphatic heterocycles. The average Bonchev–Trinajstić information content (AvgIpc) is 3.15. The molecule has 28 heavy (non-hydrogen) atoms. The fourth-order valence-corrected chi connectivity index (χ4v) is 2.55. The maximum absolute atomic E-state index is 12.0. The number of aromatic hydroxyl groups is 1. The fourth-order valence-electron chi connectivity index (χ4n) is 2.55. The van der Waals surface area contributed by atoms with Gasteiger partial charge in [0.25, 0.3) is 5.91 Å². The summed E-state index contributed by atoms with van der Waals surface area (Å²) in [6.45, 7) is -0.132. The molecule has 0 aliphatic carbocycles. The van der Waals surface area contributed by atoms with Gasteiger partial charge >= 0.3 is 0 Å². The van der Waals surface area contributed by atoms with E-state index in [1.54, 1.807) is 36.5 Å². The zero-order chi connectivity index (χ0) is 19.9. The second-order valence-electron chi connectivity index (χ2n) is 6.29. The SMILES string of the molecule is CN(C)c1cccc(OCC(=O)N/N=C/c2cccn2-c2ccc(O)cc2)c1. The van der Waals surface area contributed by atoms with Crippen LogP contribution in [0.3, 0.4) is 0 Å². The largest absolute Gasteiger partial charge is 0.508 e. The Balaban J connectivity index is 1.55. The van der Waals surface area contributed by atoms with Crippen molar-refractivity contribution in [3.05, 3.63) is 72.6 Å². The quantitative estimate of drug-likeness (QED) is 0.489. The second-order valence-corrected chi connectivity index (χ2v) is 6.29. The van der Waals surface area contributed by atoms with Crippen LogP contribution in [0, 0.1) is 0 Å². The van der Waals surface area contributed by atoms with Crippen molar-refractivity contribution in [2.24, 2.45) is 5.10 Å². The molecule has 0 fully saturated rings. The molecule has 2 aromatic carbocycles. The number of ether oxygens (including phenoxy) is 1. The number of phenolic OH excluding ortho intramolecular Hbond substituents is 1. The van der Waals surface area contributed by atoms with E-state index in [1.807, 2.05) is 60.1 Å². The van der Waals surface area contributed by atoms with Gasteiger partial charge in [-0.1, -0.05) is 6.07 Å². The number of carbonyl (C=O) groups excluding carboxylic acids is 1. The number of aromatic nitrogens is 1. The van der Waals surface area contributed by atoms with Crippen LogP contribution in [-0.2, 0) is 4.79 Å². The predicted octanol–water partition coefficient (Wildman–Crippen LogP) is 2.78. The van der Waals surface area contributed by atoms with E-state index in [0.717, 1.165) is 17.1 Å². The first-order chi connectivity index (χ1) is 13.5. The molecule has 144 valence electrons. The van der Waals surface area contributed by atoms with Crippen LogP contribution in [0.25, 0.3) is 5.69 Å². The van der Waals surface area contributed by atoms with Gasteiger partial charge in [0.2, 0.25) is 0 Å². The van der Waals surface area contributed by atoms with Gasteiger partial charge in [-0.2, -0.15) is 5.10 Å². The Hall–Kier alpha value is -3.74. The molecule has 0 atom stereocenters. The molecule has 7 nitrogen and oxygen atoms in total. The molecule has 7 heteroatoms. The summed E-state index contributed by atoms with van der Waals surface area (Å²) in [4.78, 5) is 13.9. The summed E-state index contributed by atoms with van der Waals surface area (Å²) >= 11 is 0. The van der Waals surface area contributed by atoms with Gasteiger partial charge in [0, 0.05) is 37.7 Å². The molecule has 0 saturated carbocycles. The molecular weight excluding hydrogens is 356 g/mol. The predicted molar refractivity (Wildman–Crippen MR) is 109 cm³/mol. The normalized spacial score (nSPS) is 10.8. The first kappa shape index (κ1) is 19.0. The van der Waals surface area contributed by atoms with E-state index in [9.17, 15) is 9.90 Å². The fraction of sp³-hybridized carbons (Fsp3) is 0.143. The van der Waals surface area contributed by atoms with E-state index in [2.05, 4.69) is 10.5 Å². The molecule has 1 heterocycles. The minimum atomic E-state index is -0.353. The van der Waals surface area contributed by atoms with Crippen molar-refractivity contribution in [2.45, 2.75) is 0 Å². The van der Waals surface area contributed by atoms with Gasteiger partial charge in [-0.3, -0.25) is 4.79 Å². The highest BCUT2D eigenvalue weighted by molar-refractivity contribution is 5.82. The summed E-state index contributed by atoms with van der Waals surface area (Å²) in [6.07, 6.45) is 3.42. The third-order valence-electron chi connectivity index (χ3n) is 4.00. The van der Waals surface area contributed by atoms with Crippen molar-refractivity contribution < 1.29 is 14.6 Å². The van der Waals surface area contributed by atoms with Gasteiger partial charge in [0.1, 0.15) is 11.5 Å². The zero-order valence-corrected chi connectivity index (χ0v) is 15.7. The smallest absolute Gasteiger partial charge is 0.277 e. The Labute approximate surface area is 163 Å². The standard InChI is InChI=1S/C21H22N4O3/c1-24(2)17-5-3-7-20(13-17)28-15-21(27)23-22-14-18-6-4-12-25(18)16-8-10-19(26)11-9-16/h3-14,26H,15H2,1-2H3,(H,23,27)/b22-14+. The summed E-state index contributed by atoms with van der Waals surface area (Å²) in [6, 6.07) is 18.0. The van der Waals surface area contributed by atoms with Crippen molar-refractivity contribution in [3.63, 3.8) is 0 Å². The molecule has 3 aromatic rings. The Kier molecular flexibility index (Phi) is 5.96. The molecule has 0 saturated heterocycles. The van der Waals surface area contributed by atoms with Crippen LogP contribution in [0.15, 0.2) is 72.0 Å². The van der Waals surface area contributed by atoms with E-state index >= 15 is 0 Å². The molecule has 3 rings (SSSR count). The highest BCUT2D eigenvalue weighted by Gasteiger charge is 2.04. The number of nitrogens with zero attached hydrogens (tertiary/aromatic N) is 3. The van der Waals surface area contributed by atoms with Gasteiger partial charge in [-0.05, 0) is 48.5 Å². The van der Waals surface area contributed by atoms with E-state index in [4.69, 9.17) is 4.74 Å². The first-order valence-electron chi connectivity index (χ1n) is 8.72. The number of hydrogen-bond acceptors (Lipinski definition) is 5. The highest BCUT2D eigenvalue weighted by Crippen LogP contribution is 2.19. The van der Waals surface area contributed by atoms with Crippen LogP contribution >= 0.6 is 0 Å². The molecule has 0 bridgehead atoms. The number of phenols is 1.